The fraction of sp³-hybridized carbons (Fsp3) is 0.471. The minimum Gasteiger partial charge on any atom is -0.378 e. The van der Waals surface area contributed by atoms with Crippen LogP contribution in [0.25, 0.3) is 10.9 Å². The van der Waals surface area contributed by atoms with Gasteiger partial charge >= 0.3 is 0 Å². The van der Waals surface area contributed by atoms with E-state index in [1.807, 2.05) is 0 Å². The quantitative estimate of drug-likeness (QED) is 0.904. The van der Waals surface area contributed by atoms with Crippen molar-refractivity contribution < 1.29 is 9.53 Å². The number of aryl methyl sites for hydroxylation is 1. The number of hydrogen-bond donors (Lipinski definition) is 1. The molecule has 5 nitrogen and oxygen atoms in total. The highest BCUT2D eigenvalue weighted by molar-refractivity contribution is 5.81. The zero-order valence-corrected chi connectivity index (χ0v) is 12.8. The SMILES string of the molecule is Cn1ccc2ccc(CN3C[C@H]4COC[C@@H](C3)C(=O)N4)cc21. The maximum atomic E-state index is 12.1. The molecule has 5 heteroatoms. The fourth-order valence-corrected chi connectivity index (χ4v) is 3.51. The molecule has 22 heavy (non-hydrogen) atoms. The number of carbonyl (C=O) groups is 1. The van der Waals surface area contributed by atoms with Gasteiger partial charge in [-0.2, -0.15) is 0 Å². The number of hydrogen-bond acceptors (Lipinski definition) is 3. The van der Waals surface area contributed by atoms with Gasteiger partial charge in [-0.3, -0.25) is 9.69 Å². The minimum atomic E-state index is -0.0498. The third kappa shape index (κ3) is 2.51. The van der Waals surface area contributed by atoms with Gasteiger partial charge in [0.1, 0.15) is 0 Å². The van der Waals surface area contributed by atoms with Crippen LogP contribution in [0.1, 0.15) is 5.56 Å². The molecule has 0 unspecified atom stereocenters. The minimum absolute atomic E-state index is 0.0498. The van der Waals surface area contributed by atoms with E-state index in [4.69, 9.17) is 4.74 Å². The van der Waals surface area contributed by atoms with Gasteiger partial charge in [0, 0.05) is 38.4 Å². The van der Waals surface area contributed by atoms with Crippen molar-refractivity contribution in [3.8, 4) is 0 Å². The molecule has 2 aliphatic rings. The summed E-state index contributed by atoms with van der Waals surface area (Å²) < 4.78 is 7.73. The van der Waals surface area contributed by atoms with E-state index in [-0.39, 0.29) is 17.9 Å². The van der Waals surface area contributed by atoms with Crippen molar-refractivity contribution in [1.29, 1.82) is 0 Å². The smallest absolute Gasteiger partial charge is 0.227 e. The molecule has 2 atom stereocenters. The Kier molecular flexibility index (Phi) is 3.39. The second kappa shape index (κ2) is 5.41. The Labute approximate surface area is 129 Å². The van der Waals surface area contributed by atoms with E-state index in [9.17, 15) is 4.79 Å². The average Bonchev–Trinajstić information content (AvgIpc) is 2.66. The second-order valence-corrected chi connectivity index (χ2v) is 6.45. The lowest BCUT2D eigenvalue weighted by molar-refractivity contribution is -0.125. The van der Waals surface area contributed by atoms with Crippen molar-refractivity contribution in [1.82, 2.24) is 14.8 Å². The zero-order valence-electron chi connectivity index (χ0n) is 12.8. The van der Waals surface area contributed by atoms with Crippen molar-refractivity contribution in [2.24, 2.45) is 13.0 Å². The van der Waals surface area contributed by atoms with Crippen LogP contribution in [-0.2, 0) is 23.1 Å². The molecule has 1 N–H and O–H groups in total. The number of fused-ring (bicyclic) bond motifs is 4. The highest BCUT2D eigenvalue weighted by Gasteiger charge is 2.33. The molecule has 2 aromatic rings. The monoisotopic (exact) mass is 299 g/mol. The van der Waals surface area contributed by atoms with E-state index in [0.717, 1.165) is 19.6 Å². The topological polar surface area (TPSA) is 46.5 Å². The molecule has 0 radical (unpaired) electrons. The van der Waals surface area contributed by atoms with E-state index >= 15 is 0 Å². The average molecular weight is 299 g/mol. The van der Waals surface area contributed by atoms with Crippen LogP contribution in [-0.4, -0.2) is 47.7 Å². The first-order valence-corrected chi connectivity index (χ1v) is 7.83. The van der Waals surface area contributed by atoms with Gasteiger partial charge in [-0.05, 0) is 23.1 Å². The first-order valence-electron chi connectivity index (χ1n) is 7.83. The Morgan fingerprint density at radius 2 is 2.18 bits per heavy atom. The van der Waals surface area contributed by atoms with Gasteiger partial charge in [-0.15, -0.1) is 0 Å². The number of nitrogens with one attached hydrogen (secondary N) is 1. The highest BCUT2D eigenvalue weighted by atomic mass is 16.5. The number of carbonyl (C=O) groups excluding carboxylic acids is 1. The molecule has 116 valence electrons. The van der Waals surface area contributed by atoms with Crippen molar-refractivity contribution in [2.75, 3.05) is 26.3 Å². The summed E-state index contributed by atoms with van der Waals surface area (Å²) in [5.74, 6) is 0.0918. The van der Waals surface area contributed by atoms with E-state index in [1.54, 1.807) is 0 Å². The number of nitrogens with zero attached hydrogens (tertiary/aromatic N) is 2. The normalized spacial score (nSPS) is 26.0. The molecule has 2 bridgehead atoms. The van der Waals surface area contributed by atoms with Crippen LogP contribution in [0.15, 0.2) is 30.5 Å². The second-order valence-electron chi connectivity index (χ2n) is 6.45. The van der Waals surface area contributed by atoms with Gasteiger partial charge < -0.3 is 14.6 Å². The van der Waals surface area contributed by atoms with Crippen molar-refractivity contribution in [2.45, 2.75) is 12.6 Å². The zero-order chi connectivity index (χ0) is 15.1. The maximum absolute atomic E-state index is 12.1. The summed E-state index contributed by atoms with van der Waals surface area (Å²) in [5.41, 5.74) is 2.55. The van der Waals surface area contributed by atoms with Gasteiger partial charge in [0.2, 0.25) is 5.91 Å². The molecular formula is C17H21N3O2. The Bertz CT molecular complexity index is 709. The van der Waals surface area contributed by atoms with E-state index < -0.39 is 0 Å². The fourth-order valence-electron chi connectivity index (χ4n) is 3.51. The molecule has 1 amide bonds. The summed E-state index contributed by atoms with van der Waals surface area (Å²) in [6.07, 6.45) is 2.09. The van der Waals surface area contributed by atoms with E-state index in [2.05, 4.69) is 52.3 Å². The molecule has 1 aromatic carbocycles. The first kappa shape index (κ1) is 13.8. The van der Waals surface area contributed by atoms with Crippen molar-refractivity contribution >= 4 is 16.8 Å². The molecular weight excluding hydrogens is 278 g/mol. The summed E-state index contributed by atoms with van der Waals surface area (Å²) in [5, 5.41) is 4.35. The predicted octanol–water partition coefficient (Wildman–Crippen LogP) is 1.13. The van der Waals surface area contributed by atoms with Crippen molar-refractivity contribution in [3.63, 3.8) is 0 Å². The van der Waals surface area contributed by atoms with Crippen LogP contribution >= 0.6 is 0 Å². The van der Waals surface area contributed by atoms with E-state index in [1.165, 1.54) is 16.5 Å². The Morgan fingerprint density at radius 3 is 3.09 bits per heavy atom. The van der Waals surface area contributed by atoms with Crippen LogP contribution in [0, 0.1) is 5.92 Å². The summed E-state index contributed by atoms with van der Waals surface area (Å²) >= 11 is 0. The lowest BCUT2D eigenvalue weighted by Gasteiger charge is -2.27. The largest absolute Gasteiger partial charge is 0.378 e. The summed E-state index contributed by atoms with van der Waals surface area (Å²) in [6, 6.07) is 8.86. The molecule has 1 aromatic heterocycles. The lowest BCUT2D eigenvalue weighted by atomic mass is 10.1. The molecule has 2 fully saturated rings. The van der Waals surface area contributed by atoms with Gasteiger partial charge in [0.25, 0.3) is 0 Å². The summed E-state index contributed by atoms with van der Waals surface area (Å²) in [7, 11) is 2.07. The summed E-state index contributed by atoms with van der Waals surface area (Å²) in [6.45, 7) is 3.66. The van der Waals surface area contributed by atoms with Gasteiger partial charge in [0.05, 0.1) is 25.2 Å². The maximum Gasteiger partial charge on any atom is 0.227 e. The predicted molar refractivity (Wildman–Crippen MR) is 84.4 cm³/mol. The van der Waals surface area contributed by atoms with Crippen LogP contribution in [0.5, 0.6) is 0 Å². The third-order valence-electron chi connectivity index (χ3n) is 4.67. The van der Waals surface area contributed by atoms with Crippen molar-refractivity contribution in [3.05, 3.63) is 36.0 Å². The highest BCUT2D eigenvalue weighted by Crippen LogP contribution is 2.20. The number of aromatic nitrogens is 1. The Morgan fingerprint density at radius 1 is 1.27 bits per heavy atom. The molecule has 4 rings (SSSR count). The molecule has 2 aliphatic heterocycles. The Hall–Kier alpha value is -1.85. The van der Waals surface area contributed by atoms with Gasteiger partial charge in [-0.1, -0.05) is 12.1 Å². The van der Waals surface area contributed by atoms with Gasteiger partial charge in [0.15, 0.2) is 0 Å². The number of amides is 1. The number of rotatable bonds is 2. The Balaban J connectivity index is 1.56. The molecule has 0 saturated carbocycles. The van der Waals surface area contributed by atoms with Crippen LogP contribution in [0.4, 0.5) is 0 Å². The number of benzene rings is 1. The number of ether oxygens (including phenoxy) is 1. The molecule has 2 saturated heterocycles. The van der Waals surface area contributed by atoms with Crippen LogP contribution in [0.2, 0.25) is 0 Å². The lowest BCUT2D eigenvalue weighted by Crippen LogP contribution is -2.41. The molecule has 0 aliphatic carbocycles. The molecule has 3 heterocycles. The standard InChI is InChI=1S/C17H21N3O2/c1-19-5-4-13-3-2-12(6-16(13)19)7-20-8-14-10-22-11-15(9-20)18-17(14)21/h2-6,14-15H,7-11H2,1H3,(H,18,21)/t14-,15+/m1/s1. The molecule has 0 spiro atoms. The first-order chi connectivity index (χ1) is 10.7. The summed E-state index contributed by atoms with van der Waals surface area (Å²) in [4.78, 5) is 14.4. The third-order valence-corrected chi connectivity index (χ3v) is 4.67. The van der Waals surface area contributed by atoms with Gasteiger partial charge in [-0.25, -0.2) is 0 Å². The van der Waals surface area contributed by atoms with Crippen LogP contribution < -0.4 is 5.32 Å². The van der Waals surface area contributed by atoms with Crippen LogP contribution in [0.3, 0.4) is 0 Å². The van der Waals surface area contributed by atoms with E-state index in [0.29, 0.717) is 13.2 Å².